The molecule has 3 aromatic heterocycles. The molecule has 0 saturated heterocycles. The van der Waals surface area contributed by atoms with E-state index < -0.39 is 0 Å². The molecule has 0 fully saturated rings. The van der Waals surface area contributed by atoms with Gasteiger partial charge in [0.05, 0.1) is 37.8 Å². The minimum atomic E-state index is -0.0744. The van der Waals surface area contributed by atoms with Crippen molar-refractivity contribution in [3.05, 3.63) is 77.8 Å². The summed E-state index contributed by atoms with van der Waals surface area (Å²) in [7, 11) is 0. The van der Waals surface area contributed by atoms with Gasteiger partial charge in [0.1, 0.15) is 0 Å². The van der Waals surface area contributed by atoms with Crippen molar-refractivity contribution >= 4 is 5.91 Å². The van der Waals surface area contributed by atoms with E-state index in [1.165, 1.54) is 0 Å². The van der Waals surface area contributed by atoms with E-state index in [1.807, 2.05) is 54.4 Å². The summed E-state index contributed by atoms with van der Waals surface area (Å²) < 4.78 is 13.5. The molecule has 6 heteroatoms. The normalized spacial score (nSPS) is 16.5. The fraction of sp³-hybridized carbons (Fsp3) is 0.300. The second-order valence-electron chi connectivity index (χ2n) is 6.52. The van der Waals surface area contributed by atoms with Gasteiger partial charge in [-0.05, 0) is 37.3 Å². The Balaban J connectivity index is 1.46. The molecule has 0 saturated carbocycles. The van der Waals surface area contributed by atoms with Crippen LogP contribution < -0.4 is 0 Å². The van der Waals surface area contributed by atoms with Crippen molar-refractivity contribution in [1.82, 2.24) is 14.5 Å². The monoisotopic (exact) mass is 351 g/mol. The predicted molar refractivity (Wildman–Crippen MR) is 95.5 cm³/mol. The van der Waals surface area contributed by atoms with Gasteiger partial charge in [0.25, 0.3) is 5.91 Å². The summed E-state index contributed by atoms with van der Waals surface area (Å²) in [5.41, 5.74) is 2.86. The highest BCUT2D eigenvalue weighted by Crippen LogP contribution is 2.25. The van der Waals surface area contributed by atoms with E-state index in [-0.39, 0.29) is 11.9 Å². The largest absolute Gasteiger partial charge is 0.459 e. The van der Waals surface area contributed by atoms with Crippen LogP contribution in [0.1, 0.15) is 33.5 Å². The lowest BCUT2D eigenvalue weighted by molar-refractivity contribution is 0.0454. The molecule has 6 nitrogen and oxygen atoms in total. The molecular formula is C20H21N3O3. The van der Waals surface area contributed by atoms with Gasteiger partial charge >= 0.3 is 0 Å². The Hall–Kier alpha value is -2.86. The van der Waals surface area contributed by atoms with Gasteiger partial charge in [-0.1, -0.05) is 6.07 Å². The highest BCUT2D eigenvalue weighted by atomic mass is 16.5. The Morgan fingerprint density at radius 2 is 2.23 bits per heavy atom. The number of hydrogen-bond acceptors (Lipinski definition) is 4. The van der Waals surface area contributed by atoms with Crippen molar-refractivity contribution < 1.29 is 13.9 Å². The first kappa shape index (κ1) is 16.6. The lowest BCUT2D eigenvalue weighted by Gasteiger charge is -2.34. The molecule has 0 unspecified atom stereocenters. The van der Waals surface area contributed by atoms with Crippen LogP contribution in [0.4, 0.5) is 0 Å². The number of hydrogen-bond donors (Lipinski definition) is 0. The molecule has 3 aromatic rings. The molecule has 1 amide bonds. The molecule has 0 spiro atoms. The smallest absolute Gasteiger partial charge is 0.290 e. The van der Waals surface area contributed by atoms with Crippen LogP contribution in [0.5, 0.6) is 0 Å². The second kappa shape index (κ2) is 7.17. The summed E-state index contributed by atoms with van der Waals surface area (Å²) in [6.07, 6.45) is 5.36. The van der Waals surface area contributed by atoms with Gasteiger partial charge in [-0.3, -0.25) is 9.78 Å². The van der Waals surface area contributed by atoms with Crippen molar-refractivity contribution in [2.45, 2.75) is 26.1 Å². The first-order valence-electron chi connectivity index (χ1n) is 8.69. The van der Waals surface area contributed by atoms with Crippen LogP contribution >= 0.6 is 0 Å². The summed E-state index contributed by atoms with van der Waals surface area (Å²) in [4.78, 5) is 18.9. The van der Waals surface area contributed by atoms with E-state index in [9.17, 15) is 4.79 Å². The maximum atomic E-state index is 12.8. The molecule has 4 rings (SSSR count). The Bertz CT molecular complexity index is 885. The molecule has 0 aliphatic carbocycles. The molecule has 26 heavy (non-hydrogen) atoms. The number of ether oxygens (including phenoxy) is 1. The highest BCUT2D eigenvalue weighted by Gasteiger charge is 2.30. The zero-order valence-electron chi connectivity index (χ0n) is 14.7. The van der Waals surface area contributed by atoms with E-state index in [1.54, 1.807) is 12.5 Å². The zero-order chi connectivity index (χ0) is 17.9. The van der Waals surface area contributed by atoms with Crippen LogP contribution in [0.3, 0.4) is 0 Å². The fourth-order valence-corrected chi connectivity index (χ4v) is 3.33. The van der Waals surface area contributed by atoms with Crippen molar-refractivity contribution in [3.63, 3.8) is 0 Å². The van der Waals surface area contributed by atoms with Crippen LogP contribution in [0.2, 0.25) is 0 Å². The SMILES string of the molecule is Cc1ccoc1C(=O)N1Cc2cccn2[C@H](COCc2ccccn2)C1. The number of nitrogens with zero attached hydrogens (tertiary/aromatic N) is 3. The van der Waals surface area contributed by atoms with Gasteiger partial charge in [-0.2, -0.15) is 0 Å². The Labute approximate surface area is 152 Å². The molecular weight excluding hydrogens is 330 g/mol. The zero-order valence-corrected chi connectivity index (χ0v) is 14.7. The van der Waals surface area contributed by atoms with E-state index >= 15 is 0 Å². The van der Waals surface area contributed by atoms with Crippen LogP contribution in [-0.2, 0) is 17.9 Å². The van der Waals surface area contributed by atoms with Gasteiger partial charge in [0.15, 0.2) is 5.76 Å². The number of carbonyl (C=O) groups is 1. The topological polar surface area (TPSA) is 60.5 Å². The van der Waals surface area contributed by atoms with Crippen molar-refractivity contribution in [2.24, 2.45) is 0 Å². The lowest BCUT2D eigenvalue weighted by atomic mass is 10.1. The fourth-order valence-electron chi connectivity index (χ4n) is 3.33. The molecule has 0 bridgehead atoms. The average Bonchev–Trinajstić information content (AvgIpc) is 3.30. The standard InChI is InChI=1S/C20H21N3O3/c1-15-7-10-26-19(15)20(24)22-11-17-6-4-9-23(17)18(12-22)14-25-13-16-5-2-3-8-21-16/h2-10,18H,11-14H2,1H3/t18-/m0/s1. The third-order valence-electron chi connectivity index (χ3n) is 4.67. The first-order valence-corrected chi connectivity index (χ1v) is 8.69. The predicted octanol–water partition coefficient (Wildman–Crippen LogP) is 3.20. The Morgan fingerprint density at radius 3 is 3.00 bits per heavy atom. The summed E-state index contributed by atoms with van der Waals surface area (Å²) >= 11 is 0. The number of fused-ring (bicyclic) bond motifs is 1. The maximum absolute atomic E-state index is 12.8. The van der Waals surface area contributed by atoms with Gasteiger partial charge in [0.2, 0.25) is 0 Å². The molecule has 1 aliphatic heterocycles. The van der Waals surface area contributed by atoms with E-state index in [4.69, 9.17) is 9.15 Å². The van der Waals surface area contributed by atoms with Gasteiger partial charge < -0.3 is 18.6 Å². The summed E-state index contributed by atoms with van der Waals surface area (Å²) in [6, 6.07) is 11.7. The number of aryl methyl sites for hydroxylation is 1. The van der Waals surface area contributed by atoms with Crippen molar-refractivity contribution in [1.29, 1.82) is 0 Å². The molecule has 1 atom stereocenters. The summed E-state index contributed by atoms with van der Waals surface area (Å²) in [6.45, 7) is 4.01. The molecule has 1 aliphatic rings. The van der Waals surface area contributed by atoms with E-state index in [0.717, 1.165) is 17.0 Å². The van der Waals surface area contributed by atoms with Crippen molar-refractivity contribution in [3.8, 4) is 0 Å². The lowest BCUT2D eigenvalue weighted by Crippen LogP contribution is -2.42. The maximum Gasteiger partial charge on any atom is 0.290 e. The van der Waals surface area contributed by atoms with Gasteiger partial charge in [-0.25, -0.2) is 0 Å². The van der Waals surface area contributed by atoms with Crippen LogP contribution in [-0.4, -0.2) is 33.5 Å². The number of aromatic nitrogens is 2. The third-order valence-corrected chi connectivity index (χ3v) is 4.67. The number of rotatable bonds is 5. The number of pyridine rings is 1. The molecule has 0 radical (unpaired) electrons. The van der Waals surface area contributed by atoms with Gasteiger partial charge in [0, 0.05) is 30.2 Å². The number of furan rings is 1. The highest BCUT2D eigenvalue weighted by molar-refractivity contribution is 5.92. The van der Waals surface area contributed by atoms with E-state index in [2.05, 4.69) is 9.55 Å². The minimum absolute atomic E-state index is 0.0664. The summed E-state index contributed by atoms with van der Waals surface area (Å²) in [5.74, 6) is 0.341. The Morgan fingerprint density at radius 1 is 1.31 bits per heavy atom. The molecule has 0 aromatic carbocycles. The summed E-state index contributed by atoms with van der Waals surface area (Å²) in [5, 5.41) is 0. The molecule has 0 N–H and O–H groups in total. The number of amides is 1. The van der Waals surface area contributed by atoms with Crippen LogP contribution in [0.25, 0.3) is 0 Å². The number of carbonyl (C=O) groups excluding carboxylic acids is 1. The van der Waals surface area contributed by atoms with Gasteiger partial charge in [-0.15, -0.1) is 0 Å². The first-order chi connectivity index (χ1) is 12.7. The Kier molecular flexibility index (Phi) is 4.58. The second-order valence-corrected chi connectivity index (χ2v) is 6.52. The third kappa shape index (κ3) is 3.28. The minimum Gasteiger partial charge on any atom is -0.459 e. The van der Waals surface area contributed by atoms with Crippen molar-refractivity contribution in [2.75, 3.05) is 13.2 Å². The quantitative estimate of drug-likeness (QED) is 0.708. The van der Waals surface area contributed by atoms with Crippen LogP contribution in [0.15, 0.2) is 59.5 Å². The molecule has 134 valence electrons. The average molecular weight is 351 g/mol. The molecule has 4 heterocycles. The van der Waals surface area contributed by atoms with Crippen LogP contribution in [0, 0.1) is 6.92 Å². The van der Waals surface area contributed by atoms with E-state index in [0.29, 0.717) is 32.1 Å².